The molecule has 1 amide bonds. The minimum absolute atomic E-state index is 0.0545. The van der Waals surface area contributed by atoms with Gasteiger partial charge in [-0.15, -0.1) is 0 Å². The summed E-state index contributed by atoms with van der Waals surface area (Å²) in [6, 6.07) is 10.9. The topological polar surface area (TPSA) is 71.5 Å². The van der Waals surface area contributed by atoms with Gasteiger partial charge in [0.2, 0.25) is 0 Å². The average molecular weight is 432 g/mol. The van der Waals surface area contributed by atoms with E-state index in [1.807, 2.05) is 13.8 Å². The summed E-state index contributed by atoms with van der Waals surface area (Å²) >= 11 is 0. The van der Waals surface area contributed by atoms with Gasteiger partial charge < -0.3 is 15.2 Å². The lowest BCUT2D eigenvalue weighted by Crippen LogP contribution is -2.41. The number of aliphatic hydroxyl groups excluding tert-OH is 1. The van der Waals surface area contributed by atoms with Gasteiger partial charge >= 0.3 is 6.18 Å². The Morgan fingerprint density at radius 3 is 2.35 bits per heavy atom. The Hall–Kier alpha value is -3.13. The number of carbonyl (C=O) groups excluding carboxylic acids is 1. The molecule has 5 nitrogen and oxygen atoms in total. The first-order valence-corrected chi connectivity index (χ1v) is 9.72. The lowest BCUT2D eigenvalue weighted by atomic mass is 10.0. The molecular formula is C23H23F3N2O3. The van der Waals surface area contributed by atoms with Gasteiger partial charge in [0.15, 0.2) is 0 Å². The average Bonchev–Trinajstić information content (AvgIpc) is 2.75. The highest BCUT2D eigenvalue weighted by Gasteiger charge is 2.30. The molecule has 31 heavy (non-hydrogen) atoms. The molecule has 1 aromatic heterocycles. The van der Waals surface area contributed by atoms with Crippen LogP contribution < -0.4 is 10.1 Å². The van der Waals surface area contributed by atoms with Crippen molar-refractivity contribution in [2.24, 2.45) is 5.92 Å². The van der Waals surface area contributed by atoms with Crippen molar-refractivity contribution in [3.63, 3.8) is 0 Å². The molecule has 0 aliphatic heterocycles. The van der Waals surface area contributed by atoms with E-state index in [4.69, 9.17) is 4.74 Å². The molecule has 0 fully saturated rings. The van der Waals surface area contributed by atoms with Crippen LogP contribution in [0.3, 0.4) is 0 Å². The van der Waals surface area contributed by atoms with E-state index in [-0.39, 0.29) is 24.5 Å². The summed E-state index contributed by atoms with van der Waals surface area (Å²) in [5.74, 6) is 0.191. The van der Waals surface area contributed by atoms with Gasteiger partial charge in [-0.25, -0.2) is 4.98 Å². The summed E-state index contributed by atoms with van der Waals surface area (Å²) in [5, 5.41) is 12.9. The van der Waals surface area contributed by atoms with E-state index in [2.05, 4.69) is 10.3 Å². The van der Waals surface area contributed by atoms with E-state index in [9.17, 15) is 23.1 Å². The van der Waals surface area contributed by atoms with Crippen LogP contribution in [0.15, 0.2) is 48.5 Å². The molecule has 0 saturated carbocycles. The minimum Gasteiger partial charge on any atom is -0.496 e. The van der Waals surface area contributed by atoms with E-state index in [1.165, 1.54) is 19.2 Å². The smallest absolute Gasteiger partial charge is 0.416 e. The van der Waals surface area contributed by atoms with Crippen LogP contribution in [0.25, 0.3) is 22.2 Å². The second kappa shape index (κ2) is 8.93. The van der Waals surface area contributed by atoms with Crippen LogP contribution in [0.4, 0.5) is 13.2 Å². The normalized spacial score (nSPS) is 12.8. The quantitative estimate of drug-likeness (QED) is 0.594. The molecule has 3 aromatic rings. The maximum atomic E-state index is 12.8. The molecule has 2 aromatic carbocycles. The number of halogens is 3. The van der Waals surface area contributed by atoms with E-state index >= 15 is 0 Å². The van der Waals surface area contributed by atoms with Crippen LogP contribution in [-0.2, 0) is 6.18 Å². The van der Waals surface area contributed by atoms with Gasteiger partial charge in [0.1, 0.15) is 5.75 Å². The zero-order valence-corrected chi connectivity index (χ0v) is 17.3. The molecule has 1 heterocycles. The Labute approximate surface area is 177 Å². The van der Waals surface area contributed by atoms with Crippen molar-refractivity contribution in [3.8, 4) is 17.0 Å². The summed E-state index contributed by atoms with van der Waals surface area (Å²) < 4.78 is 44.0. The van der Waals surface area contributed by atoms with Gasteiger partial charge in [0, 0.05) is 22.6 Å². The molecular weight excluding hydrogens is 409 g/mol. The summed E-state index contributed by atoms with van der Waals surface area (Å²) in [7, 11) is 1.49. The Balaban J connectivity index is 2.00. The predicted molar refractivity (Wildman–Crippen MR) is 112 cm³/mol. The molecule has 0 bridgehead atoms. The zero-order valence-electron chi connectivity index (χ0n) is 17.3. The molecule has 3 rings (SSSR count). The van der Waals surface area contributed by atoms with Crippen molar-refractivity contribution in [1.82, 2.24) is 10.3 Å². The first-order chi connectivity index (χ1) is 14.6. The van der Waals surface area contributed by atoms with Crippen molar-refractivity contribution < 1.29 is 27.8 Å². The van der Waals surface area contributed by atoms with Crippen LogP contribution in [0.2, 0.25) is 0 Å². The number of nitrogens with zero attached hydrogens (tertiary/aromatic N) is 1. The molecule has 1 unspecified atom stereocenters. The summed E-state index contributed by atoms with van der Waals surface area (Å²) in [4.78, 5) is 17.1. The van der Waals surface area contributed by atoms with Crippen molar-refractivity contribution >= 4 is 16.8 Å². The lowest BCUT2D eigenvalue weighted by Gasteiger charge is -2.20. The van der Waals surface area contributed by atoms with Gasteiger partial charge in [0.05, 0.1) is 36.5 Å². The van der Waals surface area contributed by atoms with Crippen LogP contribution in [-0.4, -0.2) is 35.8 Å². The summed E-state index contributed by atoms with van der Waals surface area (Å²) in [6.07, 6.45) is -4.42. The molecule has 0 spiro atoms. The number of methoxy groups -OCH3 is 1. The monoisotopic (exact) mass is 432 g/mol. The van der Waals surface area contributed by atoms with Crippen molar-refractivity contribution in [3.05, 3.63) is 59.7 Å². The van der Waals surface area contributed by atoms with E-state index < -0.39 is 11.7 Å². The highest BCUT2D eigenvalue weighted by atomic mass is 19.4. The van der Waals surface area contributed by atoms with Crippen molar-refractivity contribution in [1.29, 1.82) is 0 Å². The number of ether oxygens (including phenoxy) is 1. The Morgan fingerprint density at radius 1 is 1.13 bits per heavy atom. The van der Waals surface area contributed by atoms with Crippen LogP contribution in [0.5, 0.6) is 5.75 Å². The molecule has 0 aliphatic carbocycles. The number of alkyl halides is 3. The van der Waals surface area contributed by atoms with Gasteiger partial charge in [-0.1, -0.05) is 26.0 Å². The second-order valence-electron chi connectivity index (χ2n) is 7.52. The van der Waals surface area contributed by atoms with E-state index in [1.54, 1.807) is 24.3 Å². The highest BCUT2D eigenvalue weighted by Crippen LogP contribution is 2.33. The number of fused-ring (bicyclic) bond motifs is 1. The number of aliphatic hydroxyl groups is 1. The van der Waals surface area contributed by atoms with Gasteiger partial charge in [-0.3, -0.25) is 4.79 Å². The number of carbonyl (C=O) groups is 1. The largest absolute Gasteiger partial charge is 0.496 e. The third-order valence-electron chi connectivity index (χ3n) is 5.08. The molecule has 2 N–H and O–H groups in total. The molecule has 1 atom stereocenters. The number of rotatable bonds is 6. The second-order valence-corrected chi connectivity index (χ2v) is 7.52. The van der Waals surface area contributed by atoms with Crippen LogP contribution >= 0.6 is 0 Å². The predicted octanol–water partition coefficient (Wildman–Crippen LogP) is 4.68. The number of pyridine rings is 1. The Kier molecular flexibility index (Phi) is 6.50. The number of hydrogen-bond donors (Lipinski definition) is 2. The van der Waals surface area contributed by atoms with Gasteiger partial charge in [0.25, 0.3) is 5.91 Å². The summed E-state index contributed by atoms with van der Waals surface area (Å²) in [5.41, 5.74) is 0.985. The minimum atomic E-state index is -4.42. The zero-order chi connectivity index (χ0) is 22.8. The number of amides is 1. The maximum Gasteiger partial charge on any atom is 0.416 e. The van der Waals surface area contributed by atoms with Crippen molar-refractivity contribution in [2.45, 2.75) is 26.1 Å². The molecule has 0 saturated heterocycles. The summed E-state index contributed by atoms with van der Waals surface area (Å²) in [6.45, 7) is 3.61. The molecule has 0 aliphatic rings. The Morgan fingerprint density at radius 2 is 1.81 bits per heavy atom. The highest BCUT2D eigenvalue weighted by molar-refractivity contribution is 5.99. The molecule has 164 valence electrons. The number of nitrogens with one attached hydrogen (secondary N) is 1. The van der Waals surface area contributed by atoms with Crippen molar-refractivity contribution in [2.75, 3.05) is 13.7 Å². The van der Waals surface area contributed by atoms with Gasteiger partial charge in [-0.05, 0) is 36.2 Å². The fourth-order valence-electron chi connectivity index (χ4n) is 3.16. The lowest BCUT2D eigenvalue weighted by molar-refractivity contribution is -0.137. The maximum absolute atomic E-state index is 12.8. The molecule has 0 radical (unpaired) electrons. The third kappa shape index (κ3) is 4.96. The van der Waals surface area contributed by atoms with Crippen LogP contribution in [0.1, 0.15) is 29.8 Å². The van der Waals surface area contributed by atoms with E-state index in [0.717, 1.165) is 12.1 Å². The number of aromatic nitrogens is 1. The SMILES string of the molecule is COc1cc(-c2ccc(C(F)(F)F)cc2)nc2cc(C(=O)NC(CO)C(C)C)ccc12. The first kappa shape index (κ1) is 22.6. The first-order valence-electron chi connectivity index (χ1n) is 9.72. The fourth-order valence-corrected chi connectivity index (χ4v) is 3.16. The fraction of sp³-hybridized carbons (Fsp3) is 0.304. The third-order valence-corrected chi connectivity index (χ3v) is 5.08. The standard InChI is InChI=1S/C23H23F3N2O3/c1-13(2)20(12-29)28-22(30)15-6-9-17-19(10-15)27-18(11-21(17)31-3)14-4-7-16(8-5-14)23(24,25)26/h4-11,13,20,29H,12H2,1-3H3,(H,28,30). The van der Waals surface area contributed by atoms with Crippen LogP contribution in [0, 0.1) is 5.92 Å². The number of hydrogen-bond acceptors (Lipinski definition) is 4. The van der Waals surface area contributed by atoms with E-state index in [0.29, 0.717) is 33.5 Å². The van der Waals surface area contributed by atoms with Gasteiger partial charge in [-0.2, -0.15) is 13.2 Å². The number of benzene rings is 2. The molecule has 8 heteroatoms. The Bertz CT molecular complexity index is 1080.